The molecule has 2 aromatic carbocycles. The first-order chi connectivity index (χ1) is 17.2. The molecule has 1 atom stereocenters. The number of amides is 1. The van der Waals surface area contributed by atoms with E-state index in [-0.39, 0.29) is 11.8 Å². The number of hydrogen-bond acceptors (Lipinski definition) is 7. The minimum atomic E-state index is -0.0163. The van der Waals surface area contributed by atoms with Crippen LogP contribution in [0.5, 0.6) is 11.6 Å². The van der Waals surface area contributed by atoms with Crippen LogP contribution in [-0.4, -0.2) is 43.8 Å². The van der Waals surface area contributed by atoms with Crippen molar-refractivity contribution >= 4 is 17.5 Å². The van der Waals surface area contributed by atoms with Crippen LogP contribution in [0.3, 0.4) is 0 Å². The van der Waals surface area contributed by atoms with E-state index >= 15 is 0 Å². The van der Waals surface area contributed by atoms with Gasteiger partial charge in [0.05, 0.1) is 0 Å². The number of likely N-dealkylation sites (tertiary alicyclic amines) is 1. The second-order valence-electron chi connectivity index (χ2n) is 8.53. The Hall–Kier alpha value is -4.33. The molecule has 1 N–H and O–H groups in total. The maximum Gasteiger partial charge on any atom is 0.253 e. The first-order valence-corrected chi connectivity index (χ1v) is 11.6. The molecule has 1 saturated heterocycles. The number of nitrogens with zero attached hydrogens (tertiary/aromatic N) is 5. The molecule has 0 saturated carbocycles. The van der Waals surface area contributed by atoms with Crippen molar-refractivity contribution in [2.75, 3.05) is 18.4 Å². The molecule has 0 spiro atoms. The molecule has 3 heterocycles. The molecule has 4 aromatic rings. The van der Waals surface area contributed by atoms with Gasteiger partial charge in [-0.1, -0.05) is 18.2 Å². The van der Waals surface area contributed by atoms with Gasteiger partial charge in [-0.15, -0.1) is 0 Å². The lowest BCUT2D eigenvalue weighted by molar-refractivity contribution is 0.0705. The van der Waals surface area contributed by atoms with E-state index in [2.05, 4.69) is 25.3 Å². The minimum absolute atomic E-state index is 0.0163. The maximum absolute atomic E-state index is 13.4. The van der Waals surface area contributed by atoms with Gasteiger partial charge in [-0.2, -0.15) is 0 Å². The highest BCUT2D eigenvalue weighted by Crippen LogP contribution is 2.33. The van der Waals surface area contributed by atoms with Crippen LogP contribution in [0.15, 0.2) is 79.4 Å². The summed E-state index contributed by atoms with van der Waals surface area (Å²) >= 11 is 0. The van der Waals surface area contributed by atoms with Gasteiger partial charge in [-0.3, -0.25) is 9.78 Å². The highest BCUT2D eigenvalue weighted by Gasteiger charge is 2.29. The summed E-state index contributed by atoms with van der Waals surface area (Å²) in [6, 6.07) is 17.0. The number of aromatic nitrogens is 4. The Balaban J connectivity index is 1.32. The topological polar surface area (TPSA) is 93.1 Å². The van der Waals surface area contributed by atoms with Gasteiger partial charge in [0.15, 0.2) is 0 Å². The zero-order chi connectivity index (χ0) is 24.0. The Kier molecular flexibility index (Phi) is 6.61. The van der Waals surface area contributed by atoms with Gasteiger partial charge in [0.25, 0.3) is 5.91 Å². The van der Waals surface area contributed by atoms with Gasteiger partial charge < -0.3 is 15.0 Å². The second kappa shape index (κ2) is 10.3. The number of anilines is 2. The monoisotopic (exact) mass is 466 g/mol. The molecule has 1 aliphatic rings. The van der Waals surface area contributed by atoms with Gasteiger partial charge in [0.2, 0.25) is 11.8 Å². The SMILES string of the molecule is Cc1cccc(Oc2nccnc2[C@H]2CCCN(C(=O)c3cccc(Nc4ncccn4)c3)C2)c1. The number of benzene rings is 2. The molecule has 1 amide bonds. The normalized spacial score (nSPS) is 15.5. The lowest BCUT2D eigenvalue weighted by atomic mass is 9.94. The molecule has 1 aliphatic heterocycles. The van der Waals surface area contributed by atoms with E-state index in [0.29, 0.717) is 30.5 Å². The average Bonchev–Trinajstić information content (AvgIpc) is 2.89. The minimum Gasteiger partial charge on any atom is -0.437 e. The van der Waals surface area contributed by atoms with Gasteiger partial charge in [0, 0.05) is 55.0 Å². The van der Waals surface area contributed by atoms with Crippen molar-refractivity contribution in [2.45, 2.75) is 25.7 Å². The molecule has 0 radical (unpaired) electrons. The molecular weight excluding hydrogens is 440 g/mol. The van der Waals surface area contributed by atoms with Gasteiger partial charge in [-0.05, 0) is 61.7 Å². The van der Waals surface area contributed by atoms with Crippen molar-refractivity contribution in [3.63, 3.8) is 0 Å². The molecule has 1 fully saturated rings. The van der Waals surface area contributed by atoms with Crippen LogP contribution in [0, 0.1) is 6.92 Å². The first-order valence-electron chi connectivity index (χ1n) is 11.6. The largest absolute Gasteiger partial charge is 0.437 e. The molecule has 176 valence electrons. The molecule has 5 rings (SSSR count). The molecule has 0 unspecified atom stereocenters. The number of ether oxygens (including phenoxy) is 1. The molecule has 2 aromatic heterocycles. The number of carbonyl (C=O) groups excluding carboxylic acids is 1. The van der Waals surface area contributed by atoms with Crippen molar-refractivity contribution in [1.29, 1.82) is 0 Å². The van der Waals surface area contributed by atoms with Crippen LogP contribution in [0.1, 0.15) is 40.4 Å². The number of rotatable bonds is 6. The molecular formula is C27H26N6O2. The smallest absolute Gasteiger partial charge is 0.253 e. The Morgan fingerprint density at radius 3 is 2.66 bits per heavy atom. The lowest BCUT2D eigenvalue weighted by Crippen LogP contribution is -2.39. The number of piperidine rings is 1. The van der Waals surface area contributed by atoms with E-state index in [1.165, 1.54) is 0 Å². The third-order valence-electron chi connectivity index (χ3n) is 5.92. The van der Waals surface area contributed by atoms with Gasteiger partial charge in [0.1, 0.15) is 11.4 Å². The van der Waals surface area contributed by atoms with Crippen LogP contribution < -0.4 is 10.1 Å². The molecule has 8 nitrogen and oxygen atoms in total. The summed E-state index contributed by atoms with van der Waals surface area (Å²) in [5.41, 5.74) is 3.27. The molecule has 0 bridgehead atoms. The van der Waals surface area contributed by atoms with E-state index in [0.717, 1.165) is 35.5 Å². The van der Waals surface area contributed by atoms with Crippen LogP contribution >= 0.6 is 0 Å². The summed E-state index contributed by atoms with van der Waals surface area (Å²) < 4.78 is 6.10. The highest BCUT2D eigenvalue weighted by atomic mass is 16.5. The van der Waals surface area contributed by atoms with E-state index < -0.39 is 0 Å². The Morgan fingerprint density at radius 2 is 1.80 bits per heavy atom. The van der Waals surface area contributed by atoms with E-state index in [4.69, 9.17) is 4.74 Å². The summed E-state index contributed by atoms with van der Waals surface area (Å²) in [6.07, 6.45) is 8.45. The van der Waals surface area contributed by atoms with Crippen molar-refractivity contribution in [2.24, 2.45) is 0 Å². The Morgan fingerprint density at radius 1 is 0.971 bits per heavy atom. The third kappa shape index (κ3) is 5.43. The van der Waals surface area contributed by atoms with E-state index in [1.807, 2.05) is 60.4 Å². The van der Waals surface area contributed by atoms with Crippen LogP contribution in [0.25, 0.3) is 0 Å². The predicted octanol–water partition coefficient (Wildman–Crippen LogP) is 5.13. The fourth-order valence-corrected chi connectivity index (χ4v) is 4.28. The van der Waals surface area contributed by atoms with E-state index in [9.17, 15) is 4.79 Å². The Bertz CT molecular complexity index is 1310. The van der Waals surface area contributed by atoms with Crippen LogP contribution in [-0.2, 0) is 0 Å². The zero-order valence-corrected chi connectivity index (χ0v) is 19.5. The highest BCUT2D eigenvalue weighted by molar-refractivity contribution is 5.95. The number of nitrogens with one attached hydrogen (secondary N) is 1. The lowest BCUT2D eigenvalue weighted by Gasteiger charge is -2.33. The first kappa shape index (κ1) is 22.5. The molecule has 8 heteroatoms. The van der Waals surface area contributed by atoms with Crippen molar-refractivity contribution in [3.8, 4) is 11.6 Å². The fourth-order valence-electron chi connectivity index (χ4n) is 4.28. The number of hydrogen-bond donors (Lipinski definition) is 1. The van der Waals surface area contributed by atoms with Crippen molar-refractivity contribution in [3.05, 3.63) is 96.2 Å². The maximum atomic E-state index is 13.4. The quantitative estimate of drug-likeness (QED) is 0.421. The number of carbonyl (C=O) groups is 1. The van der Waals surface area contributed by atoms with Crippen LogP contribution in [0.4, 0.5) is 11.6 Å². The molecule has 0 aliphatic carbocycles. The van der Waals surface area contributed by atoms with Crippen molar-refractivity contribution in [1.82, 2.24) is 24.8 Å². The molecule has 35 heavy (non-hydrogen) atoms. The van der Waals surface area contributed by atoms with Gasteiger partial charge >= 0.3 is 0 Å². The summed E-state index contributed by atoms with van der Waals surface area (Å²) in [7, 11) is 0. The van der Waals surface area contributed by atoms with Gasteiger partial charge in [-0.25, -0.2) is 15.0 Å². The zero-order valence-electron chi connectivity index (χ0n) is 19.5. The summed E-state index contributed by atoms with van der Waals surface area (Å²) in [5.74, 6) is 1.73. The fraction of sp³-hybridized carbons (Fsp3) is 0.222. The summed E-state index contributed by atoms with van der Waals surface area (Å²) in [6.45, 7) is 3.27. The van der Waals surface area contributed by atoms with Crippen molar-refractivity contribution < 1.29 is 9.53 Å². The van der Waals surface area contributed by atoms with E-state index in [1.54, 1.807) is 30.9 Å². The predicted molar refractivity (Wildman–Crippen MR) is 133 cm³/mol. The summed E-state index contributed by atoms with van der Waals surface area (Å²) in [5, 5.41) is 3.14. The number of aryl methyl sites for hydroxylation is 1. The third-order valence-corrected chi connectivity index (χ3v) is 5.92. The standard InChI is InChI=1S/C27H26N6O2/c1-19-6-2-10-23(16-19)35-25-24(28-13-14-29-25)21-8-4-15-33(18-21)26(34)20-7-3-9-22(17-20)32-27-30-11-5-12-31-27/h2-3,5-7,9-14,16-17,21H,4,8,15,18H2,1H3,(H,30,31,32)/t21-/m0/s1. The van der Waals surface area contributed by atoms with Crippen LogP contribution in [0.2, 0.25) is 0 Å². The summed E-state index contributed by atoms with van der Waals surface area (Å²) in [4.78, 5) is 32.7. The second-order valence-corrected chi connectivity index (χ2v) is 8.53. The Labute approximate surface area is 204 Å². The average molecular weight is 467 g/mol.